The van der Waals surface area contributed by atoms with Gasteiger partial charge in [-0.2, -0.15) is 0 Å². The topological polar surface area (TPSA) is 38.0 Å². The van der Waals surface area contributed by atoms with Crippen molar-refractivity contribution >= 4 is 0 Å². The molecular formula is C6H12F2N2. The average molecular weight is 150 g/mol. The number of hydrogen-bond donors (Lipinski definition) is 2. The van der Waals surface area contributed by atoms with Crippen LogP contribution in [0.5, 0.6) is 0 Å². The van der Waals surface area contributed by atoms with Crippen LogP contribution in [0, 0.1) is 0 Å². The van der Waals surface area contributed by atoms with Gasteiger partial charge in [-0.1, -0.05) is 0 Å². The number of hydrogen-bond acceptors (Lipinski definition) is 2. The minimum absolute atomic E-state index is 0.215. The lowest BCUT2D eigenvalue weighted by Crippen LogP contribution is -2.67. The SMILES string of the molecule is CC(F)(F)CC1(N)CNC1. The second-order valence-electron chi connectivity index (χ2n) is 3.21. The van der Waals surface area contributed by atoms with Gasteiger partial charge in [0, 0.05) is 25.0 Å². The highest BCUT2D eigenvalue weighted by Crippen LogP contribution is 2.25. The molecule has 0 spiro atoms. The van der Waals surface area contributed by atoms with Crippen molar-refractivity contribution in [3.63, 3.8) is 0 Å². The summed E-state index contributed by atoms with van der Waals surface area (Å²) in [5.74, 6) is -2.63. The molecule has 0 aliphatic carbocycles. The molecule has 0 atom stereocenters. The minimum atomic E-state index is -2.63. The maximum atomic E-state index is 12.3. The smallest absolute Gasteiger partial charge is 0.247 e. The van der Waals surface area contributed by atoms with Crippen molar-refractivity contribution in [2.75, 3.05) is 13.1 Å². The van der Waals surface area contributed by atoms with Gasteiger partial charge in [0.1, 0.15) is 0 Å². The zero-order valence-electron chi connectivity index (χ0n) is 5.95. The molecule has 0 bridgehead atoms. The van der Waals surface area contributed by atoms with Crippen LogP contribution in [-0.2, 0) is 0 Å². The van der Waals surface area contributed by atoms with Crippen LogP contribution in [-0.4, -0.2) is 24.6 Å². The molecule has 1 fully saturated rings. The van der Waals surface area contributed by atoms with Crippen LogP contribution in [0.2, 0.25) is 0 Å². The maximum absolute atomic E-state index is 12.3. The van der Waals surface area contributed by atoms with E-state index < -0.39 is 11.5 Å². The third-order valence-corrected chi connectivity index (χ3v) is 1.62. The average Bonchev–Trinajstić information content (AvgIpc) is 1.57. The van der Waals surface area contributed by atoms with Gasteiger partial charge in [-0.25, -0.2) is 8.78 Å². The van der Waals surface area contributed by atoms with Crippen molar-refractivity contribution < 1.29 is 8.78 Å². The highest BCUT2D eigenvalue weighted by molar-refractivity contribution is 4.99. The molecule has 1 aliphatic heterocycles. The van der Waals surface area contributed by atoms with Gasteiger partial charge in [-0.15, -0.1) is 0 Å². The lowest BCUT2D eigenvalue weighted by molar-refractivity contribution is -0.0185. The highest BCUT2D eigenvalue weighted by Gasteiger charge is 2.40. The van der Waals surface area contributed by atoms with Crippen molar-refractivity contribution in [1.82, 2.24) is 5.32 Å². The number of rotatable bonds is 2. The van der Waals surface area contributed by atoms with Crippen molar-refractivity contribution in [3.8, 4) is 0 Å². The van der Waals surface area contributed by atoms with Crippen molar-refractivity contribution in [2.45, 2.75) is 24.8 Å². The molecule has 10 heavy (non-hydrogen) atoms. The van der Waals surface area contributed by atoms with Crippen LogP contribution in [0.3, 0.4) is 0 Å². The Morgan fingerprint density at radius 1 is 1.60 bits per heavy atom. The van der Waals surface area contributed by atoms with Gasteiger partial charge in [0.15, 0.2) is 0 Å². The summed E-state index contributed by atoms with van der Waals surface area (Å²) >= 11 is 0. The van der Waals surface area contributed by atoms with E-state index in [4.69, 9.17) is 5.73 Å². The molecule has 1 rings (SSSR count). The molecule has 0 unspecified atom stereocenters. The summed E-state index contributed by atoms with van der Waals surface area (Å²) in [4.78, 5) is 0. The van der Waals surface area contributed by atoms with Crippen molar-refractivity contribution in [3.05, 3.63) is 0 Å². The maximum Gasteiger partial charge on any atom is 0.247 e. The van der Waals surface area contributed by atoms with Gasteiger partial charge in [0.2, 0.25) is 5.92 Å². The van der Waals surface area contributed by atoms with E-state index in [2.05, 4.69) is 5.32 Å². The normalized spacial score (nSPS) is 24.0. The first-order valence-corrected chi connectivity index (χ1v) is 3.29. The Kier molecular flexibility index (Phi) is 1.68. The molecule has 0 saturated carbocycles. The van der Waals surface area contributed by atoms with E-state index in [1.165, 1.54) is 0 Å². The number of nitrogens with two attached hydrogens (primary N) is 1. The molecule has 3 N–H and O–H groups in total. The molecule has 0 radical (unpaired) electrons. The predicted molar refractivity (Wildman–Crippen MR) is 35.0 cm³/mol. The fourth-order valence-electron chi connectivity index (χ4n) is 1.19. The molecule has 1 aliphatic rings. The Bertz CT molecular complexity index is 126. The number of nitrogens with one attached hydrogen (secondary N) is 1. The van der Waals surface area contributed by atoms with Gasteiger partial charge in [-0.05, 0) is 6.92 Å². The lowest BCUT2D eigenvalue weighted by Gasteiger charge is -2.40. The van der Waals surface area contributed by atoms with Crippen LogP contribution in [0.4, 0.5) is 8.78 Å². The molecule has 0 aromatic rings. The fourth-order valence-corrected chi connectivity index (χ4v) is 1.19. The van der Waals surface area contributed by atoms with Gasteiger partial charge in [0.25, 0.3) is 0 Å². The Hall–Kier alpha value is -0.220. The van der Waals surface area contributed by atoms with E-state index in [-0.39, 0.29) is 6.42 Å². The van der Waals surface area contributed by atoms with E-state index in [9.17, 15) is 8.78 Å². The van der Waals surface area contributed by atoms with E-state index in [0.717, 1.165) is 6.92 Å². The molecule has 0 amide bonds. The van der Waals surface area contributed by atoms with E-state index in [1.54, 1.807) is 0 Å². The van der Waals surface area contributed by atoms with E-state index >= 15 is 0 Å². The standard InChI is InChI=1S/C6H12F2N2/c1-5(7,8)2-6(9)3-10-4-6/h10H,2-4,9H2,1H3. The zero-order valence-corrected chi connectivity index (χ0v) is 5.95. The Morgan fingerprint density at radius 3 is 2.20 bits per heavy atom. The van der Waals surface area contributed by atoms with Gasteiger partial charge >= 0.3 is 0 Å². The minimum Gasteiger partial charge on any atom is -0.323 e. The first kappa shape index (κ1) is 7.88. The largest absolute Gasteiger partial charge is 0.323 e. The molecule has 0 aromatic carbocycles. The van der Waals surface area contributed by atoms with E-state index in [0.29, 0.717) is 13.1 Å². The van der Waals surface area contributed by atoms with Crippen molar-refractivity contribution in [1.29, 1.82) is 0 Å². The fraction of sp³-hybridized carbons (Fsp3) is 1.00. The Morgan fingerprint density at radius 2 is 2.10 bits per heavy atom. The second-order valence-corrected chi connectivity index (χ2v) is 3.21. The summed E-state index contributed by atoms with van der Waals surface area (Å²) in [6.45, 7) is 1.92. The summed E-state index contributed by atoms with van der Waals surface area (Å²) in [6, 6.07) is 0. The molecule has 60 valence electrons. The van der Waals surface area contributed by atoms with Crippen molar-refractivity contribution in [2.24, 2.45) is 5.73 Å². The second kappa shape index (κ2) is 2.13. The summed E-state index contributed by atoms with van der Waals surface area (Å²) in [5, 5.41) is 2.87. The monoisotopic (exact) mass is 150 g/mol. The van der Waals surface area contributed by atoms with E-state index in [1.807, 2.05) is 0 Å². The number of halogens is 2. The van der Waals surface area contributed by atoms with Crippen LogP contribution in [0.1, 0.15) is 13.3 Å². The molecule has 1 saturated heterocycles. The summed E-state index contributed by atoms with van der Waals surface area (Å²) in [7, 11) is 0. The quantitative estimate of drug-likeness (QED) is 0.595. The summed E-state index contributed by atoms with van der Waals surface area (Å²) < 4.78 is 24.7. The van der Waals surface area contributed by atoms with Crippen LogP contribution >= 0.6 is 0 Å². The van der Waals surface area contributed by atoms with Crippen LogP contribution in [0.15, 0.2) is 0 Å². The third-order valence-electron chi connectivity index (χ3n) is 1.62. The molecular weight excluding hydrogens is 138 g/mol. The predicted octanol–water partition coefficient (Wildman–Crippen LogP) is 0.332. The Labute approximate surface area is 58.8 Å². The van der Waals surface area contributed by atoms with Gasteiger partial charge in [-0.3, -0.25) is 0 Å². The first-order chi connectivity index (χ1) is 4.41. The van der Waals surface area contributed by atoms with Crippen LogP contribution in [0.25, 0.3) is 0 Å². The van der Waals surface area contributed by atoms with Crippen LogP contribution < -0.4 is 11.1 Å². The lowest BCUT2D eigenvalue weighted by atomic mass is 9.87. The summed E-state index contributed by atoms with van der Waals surface area (Å²) in [5.41, 5.74) is 4.89. The molecule has 1 heterocycles. The first-order valence-electron chi connectivity index (χ1n) is 3.29. The molecule has 0 aromatic heterocycles. The molecule has 4 heteroatoms. The zero-order chi connectivity index (χ0) is 7.83. The Balaban J connectivity index is 2.37. The number of alkyl halides is 2. The van der Waals surface area contributed by atoms with Gasteiger partial charge in [0.05, 0.1) is 0 Å². The molecule has 2 nitrogen and oxygen atoms in total. The van der Waals surface area contributed by atoms with Gasteiger partial charge < -0.3 is 11.1 Å². The highest BCUT2D eigenvalue weighted by atomic mass is 19.3. The summed E-state index contributed by atoms with van der Waals surface area (Å²) in [6.07, 6.45) is -0.215. The third kappa shape index (κ3) is 1.88.